The van der Waals surface area contributed by atoms with Gasteiger partial charge in [0.1, 0.15) is 0 Å². The highest BCUT2D eigenvalue weighted by atomic mass is 19.3. The number of hydrogen-bond donors (Lipinski definition) is 1. The van der Waals surface area contributed by atoms with Crippen LogP contribution in [0.25, 0.3) is 27.3 Å². The number of alkyl halides is 2. The van der Waals surface area contributed by atoms with Crippen LogP contribution in [0.3, 0.4) is 0 Å². The van der Waals surface area contributed by atoms with Gasteiger partial charge in [-0.1, -0.05) is 24.3 Å². The predicted molar refractivity (Wildman–Crippen MR) is 115 cm³/mol. The van der Waals surface area contributed by atoms with E-state index in [-0.39, 0.29) is 36.3 Å². The first-order chi connectivity index (χ1) is 14.9. The van der Waals surface area contributed by atoms with Crippen LogP contribution in [-0.4, -0.2) is 52.3 Å². The number of likely N-dealkylation sites (tertiary alicyclic amines) is 1. The van der Waals surface area contributed by atoms with Crippen LogP contribution < -0.4 is 10.9 Å². The van der Waals surface area contributed by atoms with E-state index in [4.69, 9.17) is 0 Å². The van der Waals surface area contributed by atoms with Crippen molar-refractivity contribution < 1.29 is 13.6 Å². The summed E-state index contributed by atoms with van der Waals surface area (Å²) < 4.78 is 28.0. The van der Waals surface area contributed by atoms with Crippen LogP contribution in [0.5, 0.6) is 0 Å². The number of fused-ring (bicyclic) bond motifs is 3. The monoisotopic (exact) mass is 422 g/mol. The van der Waals surface area contributed by atoms with E-state index in [1.807, 2.05) is 36.4 Å². The highest BCUT2D eigenvalue weighted by molar-refractivity contribution is 6.02. The molecule has 5 rings (SSSR count). The molecule has 2 aromatic carbocycles. The molecule has 1 aliphatic rings. The van der Waals surface area contributed by atoms with Gasteiger partial charge in [-0.25, -0.2) is 13.8 Å². The fourth-order valence-corrected chi connectivity index (χ4v) is 4.11. The number of rotatable bonds is 4. The second-order valence-corrected chi connectivity index (χ2v) is 7.89. The van der Waals surface area contributed by atoms with Gasteiger partial charge in [0.2, 0.25) is 0 Å². The summed E-state index contributed by atoms with van der Waals surface area (Å²) in [7, 11) is 0. The van der Waals surface area contributed by atoms with Gasteiger partial charge < -0.3 is 5.32 Å². The molecule has 2 aromatic heterocycles. The molecule has 0 saturated carbocycles. The zero-order chi connectivity index (χ0) is 21.6. The quantitative estimate of drug-likeness (QED) is 0.514. The third-order valence-electron chi connectivity index (χ3n) is 5.71. The Labute approximate surface area is 176 Å². The van der Waals surface area contributed by atoms with Crippen LogP contribution >= 0.6 is 0 Å². The van der Waals surface area contributed by atoms with Crippen LogP contribution in [0.1, 0.15) is 16.8 Å². The maximum Gasteiger partial charge on any atom is 0.265 e. The van der Waals surface area contributed by atoms with Gasteiger partial charge in [-0.15, -0.1) is 0 Å². The lowest BCUT2D eigenvalue weighted by atomic mass is 10.1. The Morgan fingerprint density at radius 2 is 1.90 bits per heavy atom. The molecule has 31 heavy (non-hydrogen) atoms. The van der Waals surface area contributed by atoms with Crippen LogP contribution in [0.15, 0.2) is 59.5 Å². The zero-order valence-electron chi connectivity index (χ0n) is 16.6. The zero-order valence-corrected chi connectivity index (χ0v) is 16.6. The van der Waals surface area contributed by atoms with E-state index in [1.54, 1.807) is 23.2 Å². The Hall–Kier alpha value is -3.39. The van der Waals surface area contributed by atoms with Crippen molar-refractivity contribution in [2.45, 2.75) is 12.3 Å². The predicted octanol–water partition coefficient (Wildman–Crippen LogP) is 3.07. The van der Waals surface area contributed by atoms with Crippen molar-refractivity contribution in [1.29, 1.82) is 0 Å². The molecule has 158 valence electrons. The standard InChI is InChI=1S/C23H20F2N4O2/c24-23(25)7-10-28(14-23)11-8-26-21(30)17-6-3-9-29-20(17)27-19-13-16-5-2-1-4-15(16)12-18(19)22(29)31/h1-6,9,12-13H,7-8,10-11,14H2,(H,26,30). The summed E-state index contributed by atoms with van der Waals surface area (Å²) in [5.41, 5.74) is 0.796. The molecule has 1 amide bonds. The lowest BCUT2D eigenvalue weighted by Gasteiger charge is -2.16. The number of nitrogens with one attached hydrogen (secondary N) is 1. The Balaban J connectivity index is 1.46. The van der Waals surface area contributed by atoms with Crippen molar-refractivity contribution in [3.63, 3.8) is 0 Å². The highest BCUT2D eigenvalue weighted by Crippen LogP contribution is 2.26. The maximum atomic E-state index is 13.3. The van der Waals surface area contributed by atoms with Crippen molar-refractivity contribution in [3.05, 3.63) is 70.6 Å². The molecular weight excluding hydrogens is 402 g/mol. The number of carbonyl (C=O) groups excluding carboxylic acids is 1. The lowest BCUT2D eigenvalue weighted by molar-refractivity contribution is 0.0124. The van der Waals surface area contributed by atoms with Crippen molar-refractivity contribution in [1.82, 2.24) is 19.6 Å². The highest BCUT2D eigenvalue weighted by Gasteiger charge is 2.37. The minimum Gasteiger partial charge on any atom is -0.351 e. The van der Waals surface area contributed by atoms with Gasteiger partial charge in [0.05, 0.1) is 23.0 Å². The second kappa shape index (κ2) is 7.39. The minimum absolute atomic E-state index is 0.154. The molecule has 0 radical (unpaired) electrons. The third-order valence-corrected chi connectivity index (χ3v) is 5.71. The number of amides is 1. The van der Waals surface area contributed by atoms with Crippen molar-refractivity contribution in [2.24, 2.45) is 0 Å². The van der Waals surface area contributed by atoms with Crippen LogP contribution in [0.4, 0.5) is 8.78 Å². The van der Waals surface area contributed by atoms with E-state index in [9.17, 15) is 18.4 Å². The fourth-order valence-electron chi connectivity index (χ4n) is 4.11. The third kappa shape index (κ3) is 3.63. The summed E-state index contributed by atoms with van der Waals surface area (Å²) in [4.78, 5) is 32.1. The largest absolute Gasteiger partial charge is 0.351 e. The number of hydrogen-bond acceptors (Lipinski definition) is 4. The molecule has 0 unspecified atom stereocenters. The second-order valence-electron chi connectivity index (χ2n) is 7.89. The molecule has 1 N–H and O–H groups in total. The molecule has 6 nitrogen and oxygen atoms in total. The normalized spacial score (nSPS) is 16.3. The van der Waals surface area contributed by atoms with Gasteiger partial charge in [-0.2, -0.15) is 0 Å². The van der Waals surface area contributed by atoms with Gasteiger partial charge in [0.25, 0.3) is 17.4 Å². The van der Waals surface area contributed by atoms with Gasteiger partial charge in [-0.05, 0) is 35.0 Å². The molecule has 4 aromatic rings. The summed E-state index contributed by atoms with van der Waals surface area (Å²) in [6.07, 6.45) is 1.43. The van der Waals surface area contributed by atoms with Crippen molar-refractivity contribution in [2.75, 3.05) is 26.2 Å². The summed E-state index contributed by atoms with van der Waals surface area (Å²) >= 11 is 0. The van der Waals surface area contributed by atoms with E-state index < -0.39 is 11.8 Å². The number of carbonyl (C=O) groups is 1. The number of aromatic nitrogens is 2. The van der Waals surface area contributed by atoms with Gasteiger partial charge >= 0.3 is 0 Å². The van der Waals surface area contributed by atoms with E-state index >= 15 is 0 Å². The van der Waals surface area contributed by atoms with Crippen molar-refractivity contribution >= 4 is 33.2 Å². The molecule has 0 spiro atoms. The van der Waals surface area contributed by atoms with Crippen LogP contribution in [0, 0.1) is 0 Å². The average Bonchev–Trinajstić information content (AvgIpc) is 3.11. The Bertz CT molecular complexity index is 1380. The molecule has 1 fully saturated rings. The number of nitrogens with zero attached hydrogens (tertiary/aromatic N) is 3. The summed E-state index contributed by atoms with van der Waals surface area (Å²) in [5.74, 6) is -3.05. The molecule has 1 aliphatic heterocycles. The molecule has 0 aliphatic carbocycles. The fraction of sp³-hybridized carbons (Fsp3) is 0.261. The van der Waals surface area contributed by atoms with Crippen molar-refractivity contribution in [3.8, 4) is 0 Å². The minimum atomic E-state index is -2.66. The number of halogens is 2. The first-order valence-corrected chi connectivity index (χ1v) is 10.1. The van der Waals surface area contributed by atoms with E-state index in [0.29, 0.717) is 24.0 Å². The maximum absolute atomic E-state index is 13.3. The molecule has 8 heteroatoms. The first-order valence-electron chi connectivity index (χ1n) is 10.1. The molecular formula is C23H20F2N4O2. The van der Waals surface area contributed by atoms with E-state index in [0.717, 1.165) is 10.8 Å². The van der Waals surface area contributed by atoms with E-state index in [2.05, 4.69) is 10.3 Å². The first kappa shape index (κ1) is 19.6. The molecule has 1 saturated heterocycles. The number of benzene rings is 2. The summed E-state index contributed by atoms with van der Waals surface area (Å²) in [6, 6.07) is 14.6. The van der Waals surface area contributed by atoms with E-state index in [1.165, 1.54) is 4.40 Å². The van der Waals surface area contributed by atoms with Gasteiger partial charge in [0, 0.05) is 32.3 Å². The smallest absolute Gasteiger partial charge is 0.265 e. The summed E-state index contributed by atoms with van der Waals surface area (Å²) in [6.45, 7) is 0.606. The van der Waals surface area contributed by atoms with Crippen LogP contribution in [0.2, 0.25) is 0 Å². The lowest BCUT2D eigenvalue weighted by Crippen LogP contribution is -2.35. The van der Waals surface area contributed by atoms with Gasteiger partial charge in [-0.3, -0.25) is 18.9 Å². The Kier molecular flexibility index (Phi) is 4.66. The number of pyridine rings is 1. The Morgan fingerprint density at radius 1 is 1.13 bits per heavy atom. The molecule has 3 heterocycles. The topological polar surface area (TPSA) is 66.7 Å². The average molecular weight is 422 g/mol. The molecule has 0 atom stereocenters. The van der Waals surface area contributed by atoms with Gasteiger partial charge in [0.15, 0.2) is 5.65 Å². The molecule has 0 bridgehead atoms. The SMILES string of the molecule is O=C(NCCN1CCC(F)(F)C1)c1cccn2c(=O)c3cc4ccccc4cc3nc12. The summed E-state index contributed by atoms with van der Waals surface area (Å²) in [5, 5.41) is 5.13. The van der Waals surface area contributed by atoms with Crippen LogP contribution in [-0.2, 0) is 0 Å². The Morgan fingerprint density at radius 3 is 2.65 bits per heavy atom.